The van der Waals surface area contributed by atoms with Crippen molar-refractivity contribution in [3.05, 3.63) is 16.7 Å². The monoisotopic (exact) mass is 241 g/mol. The molecule has 0 aromatic carbocycles. The normalized spacial score (nSPS) is 20.2. The van der Waals surface area contributed by atoms with Gasteiger partial charge in [-0.3, -0.25) is 0 Å². The van der Waals surface area contributed by atoms with Gasteiger partial charge in [0.1, 0.15) is 5.82 Å². The molecule has 1 aliphatic rings. The number of hydrogen-bond acceptors (Lipinski definition) is 2. The smallest absolute Gasteiger partial charge is 0.150 e. The van der Waals surface area contributed by atoms with Gasteiger partial charge in [-0.2, -0.15) is 0 Å². The van der Waals surface area contributed by atoms with Gasteiger partial charge in [0.15, 0.2) is 5.15 Å². The predicted octanol–water partition coefficient (Wildman–Crippen LogP) is 2.26. The van der Waals surface area contributed by atoms with Crippen molar-refractivity contribution in [2.75, 3.05) is 6.54 Å². The summed E-state index contributed by atoms with van der Waals surface area (Å²) in [5.41, 5.74) is 6.92. The molecule has 0 aliphatic carbocycles. The van der Waals surface area contributed by atoms with Crippen LogP contribution in [0.15, 0.2) is 0 Å². The molecule has 1 aliphatic heterocycles. The van der Waals surface area contributed by atoms with Gasteiger partial charge in [-0.05, 0) is 31.2 Å². The number of halogens is 1. The number of hydrogen-bond donors (Lipinski definition) is 1. The highest BCUT2D eigenvalue weighted by molar-refractivity contribution is 6.30. The summed E-state index contributed by atoms with van der Waals surface area (Å²) < 4.78 is 2.30. The maximum Gasteiger partial charge on any atom is 0.150 e. The lowest BCUT2D eigenvalue weighted by Gasteiger charge is -2.24. The Bertz CT molecular complexity index is 371. The fraction of sp³-hybridized carbons (Fsp3) is 0.750. The highest BCUT2D eigenvalue weighted by Crippen LogP contribution is 2.28. The van der Waals surface area contributed by atoms with Crippen LogP contribution in [0.3, 0.4) is 0 Å². The molecule has 2 rings (SSSR count). The maximum absolute atomic E-state index is 6.20. The summed E-state index contributed by atoms with van der Waals surface area (Å²) in [6, 6.07) is 0. The molecular formula is C12H20ClN3. The summed E-state index contributed by atoms with van der Waals surface area (Å²) in [6.07, 6.45) is 3.15. The molecule has 0 radical (unpaired) electrons. The third kappa shape index (κ3) is 2.25. The zero-order chi connectivity index (χ0) is 11.7. The van der Waals surface area contributed by atoms with Crippen LogP contribution in [0.1, 0.15) is 31.8 Å². The van der Waals surface area contributed by atoms with Crippen LogP contribution in [0.5, 0.6) is 0 Å². The largest absolute Gasteiger partial charge is 0.331 e. The molecule has 1 unspecified atom stereocenters. The van der Waals surface area contributed by atoms with Gasteiger partial charge in [0, 0.05) is 13.0 Å². The molecule has 4 heteroatoms. The van der Waals surface area contributed by atoms with Crippen LogP contribution >= 0.6 is 11.6 Å². The second-order valence-electron chi connectivity index (χ2n) is 5.11. The number of aromatic nitrogens is 2. The Morgan fingerprint density at radius 3 is 2.94 bits per heavy atom. The van der Waals surface area contributed by atoms with Gasteiger partial charge in [0.2, 0.25) is 0 Å². The molecule has 0 amide bonds. The van der Waals surface area contributed by atoms with Crippen molar-refractivity contribution < 1.29 is 0 Å². The van der Waals surface area contributed by atoms with E-state index in [4.69, 9.17) is 17.3 Å². The van der Waals surface area contributed by atoms with Gasteiger partial charge in [0.05, 0.1) is 5.69 Å². The molecule has 0 saturated heterocycles. The summed E-state index contributed by atoms with van der Waals surface area (Å²) in [4.78, 5) is 4.49. The van der Waals surface area contributed by atoms with Crippen LogP contribution in [-0.4, -0.2) is 16.1 Å². The average molecular weight is 242 g/mol. The Morgan fingerprint density at radius 1 is 1.56 bits per heavy atom. The van der Waals surface area contributed by atoms with E-state index < -0.39 is 0 Å². The first kappa shape index (κ1) is 11.9. The predicted molar refractivity (Wildman–Crippen MR) is 66.6 cm³/mol. The first-order valence-corrected chi connectivity index (χ1v) is 6.43. The van der Waals surface area contributed by atoms with Crippen molar-refractivity contribution >= 4 is 11.6 Å². The Balaban J connectivity index is 2.26. The van der Waals surface area contributed by atoms with E-state index in [1.165, 1.54) is 5.69 Å². The second-order valence-corrected chi connectivity index (χ2v) is 5.47. The molecule has 90 valence electrons. The molecule has 0 saturated carbocycles. The number of nitrogens with two attached hydrogens (primary N) is 1. The standard InChI is InChI=1S/C12H20ClN3/c1-8(2)5-11-15-12(13)10-6-9(7-14)3-4-16(10)11/h8-9H,3-7,14H2,1-2H3. The summed E-state index contributed by atoms with van der Waals surface area (Å²) in [7, 11) is 0. The molecule has 2 heterocycles. The summed E-state index contributed by atoms with van der Waals surface area (Å²) >= 11 is 6.20. The van der Waals surface area contributed by atoms with Crippen LogP contribution in [0.4, 0.5) is 0 Å². The van der Waals surface area contributed by atoms with E-state index >= 15 is 0 Å². The van der Waals surface area contributed by atoms with Crippen LogP contribution < -0.4 is 5.73 Å². The van der Waals surface area contributed by atoms with Crippen molar-refractivity contribution in [1.82, 2.24) is 9.55 Å². The zero-order valence-corrected chi connectivity index (χ0v) is 10.8. The van der Waals surface area contributed by atoms with E-state index in [-0.39, 0.29) is 0 Å². The quantitative estimate of drug-likeness (QED) is 0.882. The maximum atomic E-state index is 6.20. The fourth-order valence-electron chi connectivity index (χ4n) is 2.37. The highest BCUT2D eigenvalue weighted by Gasteiger charge is 2.24. The van der Waals surface area contributed by atoms with Gasteiger partial charge in [-0.1, -0.05) is 25.4 Å². The lowest BCUT2D eigenvalue weighted by molar-refractivity contribution is 0.386. The number of fused-ring (bicyclic) bond motifs is 1. The van der Waals surface area contributed by atoms with Crippen LogP contribution in [-0.2, 0) is 19.4 Å². The van der Waals surface area contributed by atoms with Gasteiger partial charge in [-0.15, -0.1) is 0 Å². The molecule has 1 aromatic heterocycles. The Kier molecular flexibility index (Phi) is 3.55. The molecule has 1 aromatic rings. The molecule has 0 fully saturated rings. The fourth-order valence-corrected chi connectivity index (χ4v) is 2.65. The molecule has 2 N–H and O–H groups in total. The van der Waals surface area contributed by atoms with Crippen molar-refractivity contribution in [2.45, 2.75) is 39.7 Å². The summed E-state index contributed by atoms with van der Waals surface area (Å²) in [5, 5.41) is 0.689. The van der Waals surface area contributed by atoms with E-state index in [9.17, 15) is 0 Å². The minimum Gasteiger partial charge on any atom is -0.331 e. The first-order chi connectivity index (χ1) is 7.61. The van der Waals surface area contributed by atoms with Crippen molar-refractivity contribution in [1.29, 1.82) is 0 Å². The second kappa shape index (κ2) is 4.76. The third-order valence-corrected chi connectivity index (χ3v) is 3.57. The minimum absolute atomic E-state index is 0.577. The topological polar surface area (TPSA) is 43.8 Å². The lowest BCUT2D eigenvalue weighted by atomic mass is 9.96. The summed E-state index contributed by atoms with van der Waals surface area (Å²) in [5.74, 6) is 2.34. The third-order valence-electron chi connectivity index (χ3n) is 3.27. The van der Waals surface area contributed by atoms with Gasteiger partial charge >= 0.3 is 0 Å². The van der Waals surface area contributed by atoms with Gasteiger partial charge in [0.25, 0.3) is 0 Å². The molecule has 3 nitrogen and oxygen atoms in total. The van der Waals surface area contributed by atoms with E-state index in [2.05, 4.69) is 23.4 Å². The molecule has 0 bridgehead atoms. The lowest BCUT2D eigenvalue weighted by Crippen LogP contribution is -2.26. The van der Waals surface area contributed by atoms with Crippen molar-refractivity contribution in [2.24, 2.45) is 17.6 Å². The van der Waals surface area contributed by atoms with E-state index in [0.717, 1.165) is 38.2 Å². The van der Waals surface area contributed by atoms with Gasteiger partial charge < -0.3 is 10.3 Å². The Hall–Kier alpha value is -0.540. The van der Waals surface area contributed by atoms with Gasteiger partial charge in [-0.25, -0.2) is 4.98 Å². The molecule has 1 atom stereocenters. The number of rotatable bonds is 3. The van der Waals surface area contributed by atoms with Crippen LogP contribution in [0.25, 0.3) is 0 Å². The molecular weight excluding hydrogens is 222 g/mol. The van der Waals surface area contributed by atoms with E-state index in [1.54, 1.807) is 0 Å². The Labute approximate surface area is 102 Å². The number of nitrogens with zero attached hydrogens (tertiary/aromatic N) is 2. The minimum atomic E-state index is 0.577. The van der Waals surface area contributed by atoms with Crippen molar-refractivity contribution in [3.63, 3.8) is 0 Å². The average Bonchev–Trinajstić information content (AvgIpc) is 2.54. The SMILES string of the molecule is CC(C)Cc1nc(Cl)c2n1CCC(CN)C2. The molecule has 0 spiro atoms. The van der Waals surface area contributed by atoms with Crippen molar-refractivity contribution in [3.8, 4) is 0 Å². The van der Waals surface area contributed by atoms with E-state index in [0.29, 0.717) is 17.0 Å². The number of imidazole rings is 1. The van der Waals surface area contributed by atoms with Crippen LogP contribution in [0.2, 0.25) is 5.15 Å². The Morgan fingerprint density at radius 2 is 2.31 bits per heavy atom. The van der Waals surface area contributed by atoms with Crippen LogP contribution in [0, 0.1) is 11.8 Å². The summed E-state index contributed by atoms with van der Waals surface area (Å²) in [6.45, 7) is 6.20. The van der Waals surface area contributed by atoms with E-state index in [1.807, 2.05) is 0 Å². The molecule has 16 heavy (non-hydrogen) atoms. The first-order valence-electron chi connectivity index (χ1n) is 6.05. The highest BCUT2D eigenvalue weighted by atomic mass is 35.5. The zero-order valence-electron chi connectivity index (χ0n) is 10.0.